The second kappa shape index (κ2) is 5.62. The summed E-state index contributed by atoms with van der Waals surface area (Å²) in [5.41, 5.74) is 0.910. The van der Waals surface area contributed by atoms with E-state index in [4.69, 9.17) is 9.47 Å². The maximum atomic E-state index is 12.0. The Morgan fingerprint density at radius 2 is 1.95 bits per heavy atom. The fourth-order valence-electron chi connectivity index (χ4n) is 2.40. The first-order chi connectivity index (χ1) is 9.49. The van der Waals surface area contributed by atoms with Crippen molar-refractivity contribution in [2.75, 3.05) is 19.5 Å². The molecule has 6 nitrogen and oxygen atoms in total. The van der Waals surface area contributed by atoms with E-state index in [-0.39, 0.29) is 17.4 Å². The van der Waals surface area contributed by atoms with Gasteiger partial charge in [0.15, 0.2) is 0 Å². The number of anilines is 1. The minimum absolute atomic E-state index is 0.273. The van der Waals surface area contributed by atoms with Gasteiger partial charge in [0, 0.05) is 11.8 Å². The summed E-state index contributed by atoms with van der Waals surface area (Å²) in [5, 5.41) is 3.06. The lowest BCUT2D eigenvalue weighted by Crippen LogP contribution is -2.16. The highest BCUT2D eigenvalue weighted by Gasteiger charge is 2.38. The molecule has 1 aromatic rings. The van der Waals surface area contributed by atoms with E-state index in [0.717, 1.165) is 4.88 Å². The van der Waals surface area contributed by atoms with Gasteiger partial charge in [-0.15, -0.1) is 11.3 Å². The van der Waals surface area contributed by atoms with Crippen LogP contribution in [0.1, 0.15) is 40.1 Å². The molecule has 0 bridgehead atoms. The Kier molecular flexibility index (Phi) is 4.08. The normalized spacial score (nSPS) is 16.4. The average molecular weight is 297 g/mol. The third-order valence-electron chi connectivity index (χ3n) is 3.20. The molecular weight excluding hydrogens is 282 g/mol. The lowest BCUT2D eigenvalue weighted by molar-refractivity contribution is -0.142. The summed E-state index contributed by atoms with van der Waals surface area (Å²) in [6, 6.07) is 0. The van der Waals surface area contributed by atoms with Crippen LogP contribution in [-0.2, 0) is 25.5 Å². The van der Waals surface area contributed by atoms with Crippen LogP contribution in [0.2, 0.25) is 0 Å². The van der Waals surface area contributed by atoms with Crippen molar-refractivity contribution in [3.05, 3.63) is 16.0 Å². The molecule has 0 aliphatic heterocycles. The van der Waals surface area contributed by atoms with Crippen LogP contribution in [0.3, 0.4) is 0 Å². The number of carbonyl (C=O) groups is 3. The summed E-state index contributed by atoms with van der Waals surface area (Å²) in [7, 11) is 2.59. The molecule has 1 aromatic heterocycles. The fraction of sp³-hybridized carbons (Fsp3) is 0.462. The van der Waals surface area contributed by atoms with Crippen LogP contribution in [-0.4, -0.2) is 32.1 Å². The summed E-state index contributed by atoms with van der Waals surface area (Å²) in [6.07, 6.45) is 1.29. The quantitative estimate of drug-likeness (QED) is 0.859. The lowest BCUT2D eigenvalue weighted by Gasteiger charge is -2.11. The Labute approximate surface area is 120 Å². The van der Waals surface area contributed by atoms with E-state index < -0.39 is 11.9 Å². The Bertz CT molecular complexity index is 578. The minimum atomic E-state index is -0.554. The zero-order valence-corrected chi connectivity index (χ0v) is 12.3. The Balaban J connectivity index is 2.52. The Hall–Kier alpha value is -1.89. The molecule has 0 radical (unpaired) electrons. The maximum Gasteiger partial charge on any atom is 0.341 e. The number of nitrogens with one attached hydrogen (secondary N) is 1. The molecule has 108 valence electrons. The minimum Gasteiger partial charge on any atom is -0.469 e. The number of aryl methyl sites for hydroxylation is 1. The highest BCUT2D eigenvalue weighted by atomic mass is 32.1. The van der Waals surface area contributed by atoms with Gasteiger partial charge in [0.1, 0.15) is 5.00 Å². The Morgan fingerprint density at radius 3 is 2.50 bits per heavy atom. The van der Waals surface area contributed by atoms with Gasteiger partial charge in [0.05, 0.1) is 25.7 Å². The van der Waals surface area contributed by atoms with Gasteiger partial charge in [-0.05, 0) is 18.4 Å². The van der Waals surface area contributed by atoms with Crippen LogP contribution in [0.5, 0.6) is 0 Å². The molecule has 0 aromatic carbocycles. The van der Waals surface area contributed by atoms with Crippen LogP contribution >= 0.6 is 11.3 Å². The van der Waals surface area contributed by atoms with Crippen LogP contribution in [0.15, 0.2) is 0 Å². The van der Waals surface area contributed by atoms with Gasteiger partial charge in [-0.3, -0.25) is 9.59 Å². The van der Waals surface area contributed by atoms with Crippen LogP contribution < -0.4 is 5.32 Å². The smallest absolute Gasteiger partial charge is 0.341 e. The largest absolute Gasteiger partial charge is 0.469 e. The van der Waals surface area contributed by atoms with E-state index in [0.29, 0.717) is 23.4 Å². The highest BCUT2D eigenvalue weighted by molar-refractivity contribution is 7.17. The van der Waals surface area contributed by atoms with Gasteiger partial charge in [-0.2, -0.15) is 0 Å². The molecule has 0 fully saturated rings. The molecular formula is C13H15NO5S. The van der Waals surface area contributed by atoms with Crippen molar-refractivity contribution in [3.8, 4) is 0 Å². The van der Waals surface area contributed by atoms with E-state index in [9.17, 15) is 14.4 Å². The van der Waals surface area contributed by atoms with Crippen molar-refractivity contribution in [1.29, 1.82) is 0 Å². The number of ether oxygens (including phenoxy) is 2. The van der Waals surface area contributed by atoms with Crippen molar-refractivity contribution in [2.45, 2.75) is 25.7 Å². The number of carbonyl (C=O) groups excluding carboxylic acids is 3. The molecule has 1 aliphatic carbocycles. The number of amides is 1. The summed E-state index contributed by atoms with van der Waals surface area (Å²) >= 11 is 1.31. The van der Waals surface area contributed by atoms with E-state index in [2.05, 4.69) is 5.32 Å². The Morgan fingerprint density at radius 1 is 1.25 bits per heavy atom. The third kappa shape index (κ3) is 2.40. The molecule has 7 heteroatoms. The van der Waals surface area contributed by atoms with Crippen molar-refractivity contribution in [3.63, 3.8) is 0 Å². The second-order valence-corrected chi connectivity index (χ2v) is 5.54. The molecule has 0 saturated heterocycles. The summed E-state index contributed by atoms with van der Waals surface area (Å²) < 4.78 is 9.54. The van der Waals surface area contributed by atoms with Gasteiger partial charge in [-0.1, -0.05) is 0 Å². The summed E-state index contributed by atoms with van der Waals surface area (Å²) in [6.45, 7) is 1.36. The summed E-state index contributed by atoms with van der Waals surface area (Å²) in [4.78, 5) is 35.9. The van der Waals surface area contributed by atoms with Gasteiger partial charge >= 0.3 is 11.9 Å². The van der Waals surface area contributed by atoms with Crippen molar-refractivity contribution in [1.82, 2.24) is 0 Å². The maximum absolute atomic E-state index is 12.0. The molecule has 2 rings (SSSR count). The van der Waals surface area contributed by atoms with E-state index in [1.54, 1.807) is 0 Å². The van der Waals surface area contributed by atoms with Crippen molar-refractivity contribution >= 4 is 34.2 Å². The first-order valence-corrected chi connectivity index (χ1v) is 6.90. The predicted octanol–water partition coefficient (Wildman–Crippen LogP) is 1.70. The number of fused-ring (bicyclic) bond motifs is 1. The fourth-order valence-corrected chi connectivity index (χ4v) is 3.71. The number of rotatable bonds is 3. The lowest BCUT2D eigenvalue weighted by atomic mass is 9.99. The number of hydrogen-bond donors (Lipinski definition) is 1. The molecule has 0 unspecified atom stereocenters. The summed E-state index contributed by atoms with van der Waals surface area (Å²) in [5.74, 6) is -1.67. The molecule has 1 heterocycles. The molecule has 0 saturated carbocycles. The monoisotopic (exact) mass is 297 g/mol. The first-order valence-electron chi connectivity index (χ1n) is 6.08. The van der Waals surface area contributed by atoms with E-state index in [1.807, 2.05) is 0 Å². The number of hydrogen-bond acceptors (Lipinski definition) is 6. The number of thiophene rings is 1. The van der Waals surface area contributed by atoms with E-state index >= 15 is 0 Å². The van der Waals surface area contributed by atoms with Crippen LogP contribution in [0.25, 0.3) is 0 Å². The first kappa shape index (κ1) is 14.5. The van der Waals surface area contributed by atoms with E-state index in [1.165, 1.54) is 32.5 Å². The van der Waals surface area contributed by atoms with Gasteiger partial charge in [-0.25, -0.2) is 4.79 Å². The van der Waals surface area contributed by atoms with Crippen LogP contribution in [0, 0.1) is 0 Å². The topological polar surface area (TPSA) is 81.7 Å². The standard InChI is InChI=1S/C13H15NO5S/c1-6(15)14-11-10(13(17)19-3)9-7(12(16)18-2)4-5-8(9)20-11/h7H,4-5H2,1-3H3,(H,14,15)/t7-/m0/s1. The molecule has 20 heavy (non-hydrogen) atoms. The molecule has 0 spiro atoms. The molecule has 1 atom stereocenters. The van der Waals surface area contributed by atoms with Crippen molar-refractivity contribution < 1.29 is 23.9 Å². The van der Waals surface area contributed by atoms with Gasteiger partial charge in [0.2, 0.25) is 5.91 Å². The van der Waals surface area contributed by atoms with Crippen LogP contribution in [0.4, 0.5) is 5.00 Å². The van der Waals surface area contributed by atoms with Gasteiger partial charge < -0.3 is 14.8 Å². The zero-order chi connectivity index (χ0) is 14.9. The number of methoxy groups -OCH3 is 2. The third-order valence-corrected chi connectivity index (χ3v) is 4.38. The molecule has 1 aliphatic rings. The highest BCUT2D eigenvalue weighted by Crippen LogP contribution is 2.45. The molecule has 1 N–H and O–H groups in total. The zero-order valence-electron chi connectivity index (χ0n) is 11.4. The predicted molar refractivity (Wildman–Crippen MR) is 73.0 cm³/mol. The average Bonchev–Trinajstić information content (AvgIpc) is 2.94. The SMILES string of the molecule is COC(=O)c1c(NC(C)=O)sc2c1[C@@H](C(=O)OC)CC2. The number of esters is 2. The van der Waals surface area contributed by atoms with Gasteiger partial charge in [0.25, 0.3) is 0 Å². The second-order valence-electron chi connectivity index (χ2n) is 4.43. The molecule has 1 amide bonds. The van der Waals surface area contributed by atoms with Crippen molar-refractivity contribution in [2.24, 2.45) is 0 Å².